The van der Waals surface area contributed by atoms with Gasteiger partial charge >= 0.3 is 6.09 Å². The van der Waals surface area contributed by atoms with E-state index in [9.17, 15) is 4.79 Å². The largest absolute Gasteiger partial charge is 0.444 e. The summed E-state index contributed by atoms with van der Waals surface area (Å²) in [5.41, 5.74) is -0.458. The van der Waals surface area contributed by atoms with Gasteiger partial charge in [0.25, 0.3) is 0 Å². The summed E-state index contributed by atoms with van der Waals surface area (Å²) in [5.74, 6) is 0.768. The molecule has 1 amide bonds. The average Bonchev–Trinajstić information content (AvgIpc) is 2.66. The SMILES string of the molecule is CC(C)(C)OC(=O)N1CC(Cn2ccnc2C#N)C1. The molecule has 1 aromatic heterocycles. The molecule has 6 heteroatoms. The summed E-state index contributed by atoms with van der Waals surface area (Å²) in [4.78, 5) is 17.4. The maximum Gasteiger partial charge on any atom is 0.410 e. The Labute approximate surface area is 112 Å². The molecule has 2 rings (SSSR count). The number of amides is 1. The van der Waals surface area contributed by atoms with Gasteiger partial charge in [0.2, 0.25) is 5.82 Å². The number of nitriles is 1. The number of imidazole rings is 1. The van der Waals surface area contributed by atoms with E-state index >= 15 is 0 Å². The molecule has 0 spiro atoms. The van der Waals surface area contributed by atoms with E-state index in [1.54, 1.807) is 17.3 Å². The molecule has 2 heterocycles. The molecule has 0 saturated carbocycles. The van der Waals surface area contributed by atoms with E-state index in [-0.39, 0.29) is 6.09 Å². The molecule has 0 aliphatic carbocycles. The van der Waals surface area contributed by atoms with Crippen LogP contribution in [0.15, 0.2) is 12.4 Å². The molecule has 0 aromatic carbocycles. The third-order valence-electron chi connectivity index (χ3n) is 2.88. The number of ether oxygens (including phenoxy) is 1. The second-order valence-corrected chi connectivity index (χ2v) is 5.77. The number of aromatic nitrogens is 2. The summed E-state index contributed by atoms with van der Waals surface area (Å²) in [5, 5.41) is 8.86. The molecule has 6 nitrogen and oxygen atoms in total. The molecule has 1 aliphatic heterocycles. The monoisotopic (exact) mass is 262 g/mol. The third kappa shape index (κ3) is 3.25. The fourth-order valence-electron chi connectivity index (χ4n) is 2.01. The number of nitrogens with zero attached hydrogens (tertiary/aromatic N) is 4. The first-order chi connectivity index (χ1) is 8.89. The first-order valence-electron chi connectivity index (χ1n) is 6.28. The maximum atomic E-state index is 11.7. The van der Waals surface area contributed by atoms with Crippen LogP contribution >= 0.6 is 0 Å². The summed E-state index contributed by atoms with van der Waals surface area (Å²) < 4.78 is 7.10. The Balaban J connectivity index is 1.81. The minimum Gasteiger partial charge on any atom is -0.444 e. The molecular weight excluding hydrogens is 244 g/mol. The van der Waals surface area contributed by atoms with Gasteiger partial charge < -0.3 is 14.2 Å². The van der Waals surface area contributed by atoms with Gasteiger partial charge in [-0.25, -0.2) is 9.78 Å². The van der Waals surface area contributed by atoms with Gasteiger partial charge in [0.1, 0.15) is 11.7 Å². The molecule has 1 saturated heterocycles. The number of carbonyl (C=O) groups excluding carboxylic acids is 1. The van der Waals surface area contributed by atoms with Crippen LogP contribution in [0.3, 0.4) is 0 Å². The molecule has 1 aliphatic rings. The number of hydrogen-bond donors (Lipinski definition) is 0. The van der Waals surface area contributed by atoms with Crippen LogP contribution in [0.5, 0.6) is 0 Å². The van der Waals surface area contributed by atoms with Crippen molar-refractivity contribution >= 4 is 6.09 Å². The molecule has 0 radical (unpaired) electrons. The van der Waals surface area contributed by atoms with Gasteiger partial charge in [0.05, 0.1) is 0 Å². The Morgan fingerprint density at radius 3 is 2.84 bits per heavy atom. The zero-order chi connectivity index (χ0) is 14.0. The Morgan fingerprint density at radius 1 is 1.58 bits per heavy atom. The lowest BCUT2D eigenvalue weighted by atomic mass is 10.0. The zero-order valence-electron chi connectivity index (χ0n) is 11.5. The highest BCUT2D eigenvalue weighted by molar-refractivity contribution is 5.69. The molecule has 0 atom stereocenters. The number of hydrogen-bond acceptors (Lipinski definition) is 4. The van der Waals surface area contributed by atoms with Crippen molar-refractivity contribution in [3.8, 4) is 6.07 Å². The van der Waals surface area contributed by atoms with Gasteiger partial charge in [-0.15, -0.1) is 0 Å². The van der Waals surface area contributed by atoms with E-state index in [4.69, 9.17) is 10.00 Å². The smallest absolute Gasteiger partial charge is 0.410 e. The van der Waals surface area contributed by atoms with Crippen LogP contribution in [-0.2, 0) is 11.3 Å². The molecule has 0 N–H and O–H groups in total. The second kappa shape index (κ2) is 4.92. The Morgan fingerprint density at radius 2 is 2.26 bits per heavy atom. The Kier molecular flexibility index (Phi) is 3.47. The second-order valence-electron chi connectivity index (χ2n) is 5.77. The van der Waals surface area contributed by atoms with Crippen LogP contribution in [0.4, 0.5) is 4.79 Å². The van der Waals surface area contributed by atoms with Crippen molar-refractivity contribution in [2.24, 2.45) is 5.92 Å². The topological polar surface area (TPSA) is 71.2 Å². The summed E-state index contributed by atoms with van der Waals surface area (Å²) >= 11 is 0. The summed E-state index contributed by atoms with van der Waals surface area (Å²) in [6, 6.07) is 2.04. The normalized spacial score (nSPS) is 15.8. The zero-order valence-corrected chi connectivity index (χ0v) is 11.5. The summed E-state index contributed by atoms with van der Waals surface area (Å²) in [6.07, 6.45) is 3.13. The van der Waals surface area contributed by atoms with Gasteiger partial charge in [-0.2, -0.15) is 5.26 Å². The van der Waals surface area contributed by atoms with Gasteiger partial charge in [-0.1, -0.05) is 0 Å². The predicted octanol–water partition coefficient (Wildman–Crippen LogP) is 1.62. The highest BCUT2D eigenvalue weighted by Gasteiger charge is 2.33. The first-order valence-corrected chi connectivity index (χ1v) is 6.28. The van der Waals surface area contributed by atoms with Crippen LogP contribution in [0.2, 0.25) is 0 Å². The third-order valence-corrected chi connectivity index (χ3v) is 2.88. The van der Waals surface area contributed by atoms with E-state index in [0.717, 1.165) is 0 Å². The minimum absolute atomic E-state index is 0.269. The van der Waals surface area contributed by atoms with Crippen molar-refractivity contribution in [2.75, 3.05) is 13.1 Å². The van der Waals surface area contributed by atoms with Gasteiger partial charge in [-0.05, 0) is 20.8 Å². The van der Waals surface area contributed by atoms with Crippen LogP contribution in [0.1, 0.15) is 26.6 Å². The van der Waals surface area contributed by atoms with Gasteiger partial charge in [0.15, 0.2) is 0 Å². The molecular formula is C13H18N4O2. The minimum atomic E-state index is -0.458. The molecule has 19 heavy (non-hydrogen) atoms. The number of rotatable bonds is 2. The molecule has 1 fully saturated rings. The predicted molar refractivity (Wildman–Crippen MR) is 68.2 cm³/mol. The lowest BCUT2D eigenvalue weighted by Crippen LogP contribution is -2.52. The molecule has 0 unspecified atom stereocenters. The highest BCUT2D eigenvalue weighted by atomic mass is 16.6. The van der Waals surface area contributed by atoms with E-state index in [2.05, 4.69) is 4.98 Å². The molecule has 102 valence electrons. The number of likely N-dealkylation sites (tertiary alicyclic amines) is 1. The standard InChI is InChI=1S/C13H18N4O2/c1-13(2,3)19-12(18)17-8-10(9-17)7-16-5-4-15-11(16)6-14/h4-5,10H,7-9H2,1-3H3. The van der Waals surface area contributed by atoms with Crippen molar-refractivity contribution in [2.45, 2.75) is 32.9 Å². The van der Waals surface area contributed by atoms with Gasteiger partial charge in [-0.3, -0.25) is 0 Å². The quantitative estimate of drug-likeness (QED) is 0.812. The van der Waals surface area contributed by atoms with Crippen molar-refractivity contribution in [1.82, 2.24) is 14.5 Å². The molecule has 0 bridgehead atoms. The van der Waals surface area contributed by atoms with Crippen LogP contribution in [0.25, 0.3) is 0 Å². The first kappa shape index (κ1) is 13.4. The summed E-state index contributed by atoms with van der Waals surface area (Å²) in [6.45, 7) is 7.60. The lowest BCUT2D eigenvalue weighted by molar-refractivity contribution is -0.00336. The molecule has 1 aromatic rings. The van der Waals surface area contributed by atoms with Gasteiger partial charge in [0, 0.05) is 37.9 Å². The summed E-state index contributed by atoms with van der Waals surface area (Å²) in [7, 11) is 0. The van der Waals surface area contributed by atoms with E-state index in [0.29, 0.717) is 31.4 Å². The van der Waals surface area contributed by atoms with E-state index in [1.165, 1.54) is 0 Å². The van der Waals surface area contributed by atoms with Crippen molar-refractivity contribution in [3.05, 3.63) is 18.2 Å². The van der Waals surface area contributed by atoms with Crippen LogP contribution < -0.4 is 0 Å². The van der Waals surface area contributed by atoms with Crippen molar-refractivity contribution in [3.63, 3.8) is 0 Å². The lowest BCUT2D eigenvalue weighted by Gasteiger charge is -2.39. The average molecular weight is 262 g/mol. The number of carbonyl (C=O) groups is 1. The Bertz CT molecular complexity index is 503. The van der Waals surface area contributed by atoms with E-state index in [1.807, 2.05) is 31.4 Å². The highest BCUT2D eigenvalue weighted by Crippen LogP contribution is 2.21. The van der Waals surface area contributed by atoms with Crippen molar-refractivity contribution in [1.29, 1.82) is 5.26 Å². The van der Waals surface area contributed by atoms with Crippen molar-refractivity contribution < 1.29 is 9.53 Å². The Hall–Kier alpha value is -2.03. The maximum absolute atomic E-state index is 11.7. The van der Waals surface area contributed by atoms with Crippen LogP contribution in [0, 0.1) is 17.2 Å². The fourth-order valence-corrected chi connectivity index (χ4v) is 2.01. The van der Waals surface area contributed by atoms with Crippen LogP contribution in [-0.4, -0.2) is 39.2 Å². The van der Waals surface area contributed by atoms with E-state index < -0.39 is 5.60 Å². The fraction of sp³-hybridized carbons (Fsp3) is 0.615.